The Balaban J connectivity index is 2.32. The number of halogens is 1. The van der Waals surface area contributed by atoms with Crippen molar-refractivity contribution in [2.75, 3.05) is 13.2 Å². The van der Waals surface area contributed by atoms with Crippen molar-refractivity contribution in [1.82, 2.24) is 5.32 Å². The molecular weight excluding hydrogens is 277 g/mol. The van der Waals surface area contributed by atoms with Gasteiger partial charge in [0.05, 0.1) is 9.61 Å². The van der Waals surface area contributed by atoms with Crippen molar-refractivity contribution in [3.8, 4) is 5.75 Å². The van der Waals surface area contributed by atoms with E-state index >= 15 is 0 Å². The topological polar surface area (TPSA) is 21.3 Å². The molecule has 0 fully saturated rings. The summed E-state index contributed by atoms with van der Waals surface area (Å²) in [5, 5.41) is 3.40. The van der Waals surface area contributed by atoms with Crippen molar-refractivity contribution in [1.29, 1.82) is 0 Å². The van der Waals surface area contributed by atoms with E-state index in [0.29, 0.717) is 6.04 Å². The van der Waals surface area contributed by atoms with Crippen LogP contribution in [0.1, 0.15) is 18.5 Å². The maximum Gasteiger partial charge on any atom is 0.137 e. The minimum atomic E-state index is 0.384. The average Bonchev–Trinajstić information content (AvgIpc) is 2.51. The standard InChI is InChI=1S/C10H12INO/c1-2-12-9-6-13-10-7(9)4-3-5-8(10)11/h3-5,9,12H,2,6H2,1H3. The highest BCUT2D eigenvalue weighted by Crippen LogP contribution is 2.35. The molecule has 2 rings (SSSR count). The van der Waals surface area contributed by atoms with Gasteiger partial charge in [0.25, 0.3) is 0 Å². The molecule has 0 saturated carbocycles. The fraction of sp³-hybridized carbons (Fsp3) is 0.400. The first-order chi connectivity index (χ1) is 6.33. The smallest absolute Gasteiger partial charge is 0.137 e. The lowest BCUT2D eigenvalue weighted by atomic mass is 10.1. The van der Waals surface area contributed by atoms with Gasteiger partial charge in [-0.05, 0) is 35.2 Å². The van der Waals surface area contributed by atoms with Crippen LogP contribution in [-0.4, -0.2) is 13.2 Å². The van der Waals surface area contributed by atoms with Gasteiger partial charge in [-0.25, -0.2) is 0 Å². The van der Waals surface area contributed by atoms with Crippen LogP contribution in [0.4, 0.5) is 0 Å². The van der Waals surface area contributed by atoms with Crippen molar-refractivity contribution in [2.45, 2.75) is 13.0 Å². The molecule has 1 aromatic rings. The number of para-hydroxylation sites is 1. The summed E-state index contributed by atoms with van der Waals surface area (Å²) in [5.41, 5.74) is 1.30. The van der Waals surface area contributed by atoms with Crippen LogP contribution in [0.3, 0.4) is 0 Å². The molecule has 1 heterocycles. The number of benzene rings is 1. The summed E-state index contributed by atoms with van der Waals surface area (Å²) in [4.78, 5) is 0. The second-order valence-electron chi connectivity index (χ2n) is 3.08. The van der Waals surface area contributed by atoms with E-state index in [9.17, 15) is 0 Å². The molecule has 70 valence electrons. The molecule has 0 bridgehead atoms. The van der Waals surface area contributed by atoms with Crippen LogP contribution in [0.2, 0.25) is 0 Å². The predicted octanol–water partition coefficient (Wildman–Crippen LogP) is 2.33. The molecule has 0 spiro atoms. The number of rotatable bonds is 2. The second kappa shape index (κ2) is 3.84. The van der Waals surface area contributed by atoms with Gasteiger partial charge in [-0.15, -0.1) is 0 Å². The first kappa shape index (κ1) is 9.27. The molecule has 13 heavy (non-hydrogen) atoms. The van der Waals surface area contributed by atoms with Crippen LogP contribution in [0, 0.1) is 3.57 Å². The van der Waals surface area contributed by atoms with Crippen molar-refractivity contribution >= 4 is 22.6 Å². The van der Waals surface area contributed by atoms with E-state index in [0.717, 1.165) is 18.9 Å². The first-order valence-corrected chi connectivity index (χ1v) is 5.55. The highest BCUT2D eigenvalue weighted by Gasteiger charge is 2.24. The molecule has 0 aromatic heterocycles. The summed E-state index contributed by atoms with van der Waals surface area (Å²) >= 11 is 2.31. The molecule has 1 N–H and O–H groups in total. The summed E-state index contributed by atoms with van der Waals surface area (Å²) < 4.78 is 6.83. The van der Waals surface area contributed by atoms with Crippen LogP contribution < -0.4 is 10.1 Å². The first-order valence-electron chi connectivity index (χ1n) is 4.47. The van der Waals surface area contributed by atoms with Gasteiger partial charge >= 0.3 is 0 Å². The van der Waals surface area contributed by atoms with Gasteiger partial charge in [-0.3, -0.25) is 0 Å². The third kappa shape index (κ3) is 1.67. The normalized spacial score (nSPS) is 19.7. The Morgan fingerprint density at radius 1 is 1.62 bits per heavy atom. The third-order valence-electron chi connectivity index (χ3n) is 2.22. The fourth-order valence-corrected chi connectivity index (χ4v) is 2.30. The average molecular weight is 289 g/mol. The Morgan fingerprint density at radius 2 is 2.46 bits per heavy atom. The van der Waals surface area contributed by atoms with E-state index in [4.69, 9.17) is 4.74 Å². The van der Waals surface area contributed by atoms with Gasteiger partial charge in [-0.1, -0.05) is 19.1 Å². The van der Waals surface area contributed by atoms with E-state index in [2.05, 4.69) is 53.0 Å². The molecule has 0 aliphatic carbocycles. The minimum Gasteiger partial charge on any atom is -0.490 e. The lowest BCUT2D eigenvalue weighted by molar-refractivity contribution is 0.312. The number of hydrogen-bond donors (Lipinski definition) is 1. The zero-order valence-electron chi connectivity index (χ0n) is 7.51. The summed E-state index contributed by atoms with van der Waals surface area (Å²) in [7, 11) is 0. The maximum atomic E-state index is 5.62. The third-order valence-corrected chi connectivity index (χ3v) is 3.07. The molecule has 0 radical (unpaired) electrons. The largest absolute Gasteiger partial charge is 0.490 e. The predicted molar refractivity (Wildman–Crippen MR) is 61.1 cm³/mol. The Hall–Kier alpha value is -0.290. The Bertz CT molecular complexity index is 314. The molecular formula is C10H12INO. The van der Waals surface area contributed by atoms with E-state index in [1.54, 1.807) is 0 Å². The summed E-state index contributed by atoms with van der Waals surface area (Å²) in [6, 6.07) is 6.68. The SMILES string of the molecule is CCNC1COc2c(I)cccc21. The van der Waals surface area contributed by atoms with Crippen molar-refractivity contribution in [3.63, 3.8) is 0 Å². The van der Waals surface area contributed by atoms with Crippen LogP contribution in [0.5, 0.6) is 5.75 Å². The number of ether oxygens (including phenoxy) is 1. The Labute approximate surface area is 91.8 Å². The Morgan fingerprint density at radius 3 is 3.23 bits per heavy atom. The van der Waals surface area contributed by atoms with Crippen LogP contribution in [0.25, 0.3) is 0 Å². The number of nitrogens with one attached hydrogen (secondary N) is 1. The monoisotopic (exact) mass is 289 g/mol. The number of fused-ring (bicyclic) bond motifs is 1. The lowest BCUT2D eigenvalue weighted by Gasteiger charge is -2.08. The van der Waals surface area contributed by atoms with Gasteiger partial charge in [0, 0.05) is 5.56 Å². The minimum absolute atomic E-state index is 0.384. The molecule has 0 amide bonds. The summed E-state index contributed by atoms with van der Waals surface area (Å²) in [6.45, 7) is 3.87. The van der Waals surface area contributed by atoms with Gasteiger partial charge in [0.15, 0.2) is 0 Å². The molecule has 3 heteroatoms. The molecule has 1 aliphatic rings. The zero-order valence-corrected chi connectivity index (χ0v) is 9.67. The fourth-order valence-electron chi connectivity index (χ4n) is 1.62. The Kier molecular flexibility index (Phi) is 2.74. The summed E-state index contributed by atoms with van der Waals surface area (Å²) in [5.74, 6) is 1.06. The lowest BCUT2D eigenvalue weighted by Crippen LogP contribution is -2.21. The molecule has 1 aromatic carbocycles. The maximum absolute atomic E-state index is 5.62. The van der Waals surface area contributed by atoms with E-state index in [-0.39, 0.29) is 0 Å². The van der Waals surface area contributed by atoms with Gasteiger partial charge in [-0.2, -0.15) is 0 Å². The van der Waals surface area contributed by atoms with Crippen molar-refractivity contribution in [2.24, 2.45) is 0 Å². The molecule has 1 aliphatic heterocycles. The second-order valence-corrected chi connectivity index (χ2v) is 4.24. The van der Waals surface area contributed by atoms with Crippen molar-refractivity contribution in [3.05, 3.63) is 27.3 Å². The van der Waals surface area contributed by atoms with Crippen LogP contribution in [-0.2, 0) is 0 Å². The van der Waals surface area contributed by atoms with Crippen LogP contribution in [0.15, 0.2) is 18.2 Å². The molecule has 1 unspecified atom stereocenters. The summed E-state index contributed by atoms with van der Waals surface area (Å²) in [6.07, 6.45) is 0. The van der Waals surface area contributed by atoms with Gasteiger partial charge < -0.3 is 10.1 Å². The van der Waals surface area contributed by atoms with E-state index in [1.807, 2.05) is 0 Å². The van der Waals surface area contributed by atoms with Gasteiger partial charge in [0.2, 0.25) is 0 Å². The zero-order chi connectivity index (χ0) is 9.26. The van der Waals surface area contributed by atoms with Crippen LogP contribution >= 0.6 is 22.6 Å². The molecule has 0 saturated heterocycles. The van der Waals surface area contributed by atoms with E-state index in [1.165, 1.54) is 9.13 Å². The molecule has 2 nitrogen and oxygen atoms in total. The highest BCUT2D eigenvalue weighted by molar-refractivity contribution is 14.1. The quantitative estimate of drug-likeness (QED) is 0.844. The molecule has 1 atom stereocenters. The van der Waals surface area contributed by atoms with E-state index < -0.39 is 0 Å². The highest BCUT2D eigenvalue weighted by atomic mass is 127. The van der Waals surface area contributed by atoms with Crippen molar-refractivity contribution < 1.29 is 4.74 Å². The number of hydrogen-bond acceptors (Lipinski definition) is 2. The van der Waals surface area contributed by atoms with Gasteiger partial charge in [0.1, 0.15) is 12.4 Å². The number of likely N-dealkylation sites (N-methyl/N-ethyl adjacent to an activating group) is 1.